The first-order valence-corrected chi connectivity index (χ1v) is 10.8. The number of pyridine rings is 1. The van der Waals surface area contributed by atoms with E-state index < -0.39 is 57.7 Å². The van der Waals surface area contributed by atoms with Gasteiger partial charge in [0.2, 0.25) is 5.43 Å². The molecule has 1 saturated heterocycles. The minimum absolute atomic E-state index is 0. The third-order valence-electron chi connectivity index (χ3n) is 4.30. The van der Waals surface area contributed by atoms with Crippen molar-refractivity contribution in [1.29, 1.82) is 0 Å². The van der Waals surface area contributed by atoms with Gasteiger partial charge in [-0.3, -0.25) is 14.4 Å². The van der Waals surface area contributed by atoms with E-state index in [1.165, 1.54) is 12.3 Å². The number of hydrogen-bond donors (Lipinski definition) is 4. The molecule has 0 bridgehead atoms. The number of amides is 2. The second-order valence-electron chi connectivity index (χ2n) is 6.43. The van der Waals surface area contributed by atoms with Crippen molar-refractivity contribution in [2.24, 2.45) is 5.16 Å². The van der Waals surface area contributed by atoms with Crippen molar-refractivity contribution in [1.82, 2.24) is 19.3 Å². The van der Waals surface area contributed by atoms with Crippen LogP contribution < -0.4 is 46.0 Å². The number of nitrogen functional groups attached to an aromatic ring is 1. The molecule has 1 fully saturated rings. The van der Waals surface area contributed by atoms with Crippen molar-refractivity contribution in [3.63, 3.8) is 0 Å². The van der Waals surface area contributed by atoms with Gasteiger partial charge in [0.15, 0.2) is 33.5 Å². The maximum Gasteiger partial charge on any atom is 1.00 e. The second kappa shape index (κ2) is 10.1. The standard InChI is InChI=1S/C15H16N6O9S2.Na/c1-6-11(14(25)21(6)32(27,28)29)18-13(24)12(8-5-31-15(16)17-8)19-30-4-7-2-9(22)10(23)3-20(7)26;/h2-3,5-6,11,23,26H,4H2,1H3,(H2,16,17)(H,18,24)(H,27,28,29);/q;+1/p-1/b19-12-;/t6-,11-;/m0./s1. The van der Waals surface area contributed by atoms with Crippen molar-refractivity contribution in [3.05, 3.63) is 39.3 Å². The molecule has 3 rings (SSSR count). The van der Waals surface area contributed by atoms with E-state index in [0.29, 0.717) is 4.73 Å². The van der Waals surface area contributed by atoms with Gasteiger partial charge >= 0.3 is 29.6 Å². The molecule has 2 aromatic rings. The Hall–Kier alpha value is -2.70. The fourth-order valence-corrected chi connectivity index (χ4v) is 4.14. The number of oxime groups is 1. The van der Waals surface area contributed by atoms with Crippen LogP contribution in [0.5, 0.6) is 5.75 Å². The Balaban J connectivity index is 0.00000385. The summed E-state index contributed by atoms with van der Waals surface area (Å²) in [5.41, 5.74) is 4.16. The fourth-order valence-electron chi connectivity index (χ4n) is 2.73. The average Bonchev–Trinajstić information content (AvgIpc) is 3.11. The summed E-state index contributed by atoms with van der Waals surface area (Å²) in [6.45, 7) is 0.741. The van der Waals surface area contributed by atoms with Crippen LogP contribution in [0.3, 0.4) is 0 Å². The number of thiazole rings is 1. The Morgan fingerprint density at radius 1 is 1.45 bits per heavy atom. The van der Waals surface area contributed by atoms with Gasteiger partial charge in [-0.2, -0.15) is 4.73 Å². The molecule has 2 atom stereocenters. The van der Waals surface area contributed by atoms with Crippen LogP contribution in [-0.4, -0.2) is 66.9 Å². The summed E-state index contributed by atoms with van der Waals surface area (Å²) < 4.78 is 33.8. The minimum atomic E-state index is -5.03. The topological polar surface area (TPSA) is 230 Å². The number of nitrogens with zero attached hydrogens (tertiary/aromatic N) is 4. The maximum absolute atomic E-state index is 12.7. The molecule has 15 nitrogen and oxygen atoms in total. The molecule has 0 saturated carbocycles. The van der Waals surface area contributed by atoms with Gasteiger partial charge < -0.3 is 30.8 Å². The quantitative estimate of drug-likeness (QED) is 0.0687. The summed E-state index contributed by atoms with van der Waals surface area (Å²) in [5.74, 6) is -2.81. The van der Waals surface area contributed by atoms with Crippen LogP contribution >= 0.6 is 11.3 Å². The molecule has 5 N–H and O–H groups in total. The fraction of sp³-hybridized carbons (Fsp3) is 0.267. The average molecular weight is 510 g/mol. The van der Waals surface area contributed by atoms with Gasteiger partial charge in [0.25, 0.3) is 11.8 Å². The molecule has 1 aliphatic rings. The second-order valence-corrected chi connectivity index (χ2v) is 8.57. The number of nitrogens with two attached hydrogens (primary N) is 1. The summed E-state index contributed by atoms with van der Waals surface area (Å²) in [6.07, 6.45) is 0.735. The number of rotatable bonds is 7. The van der Waals surface area contributed by atoms with Crippen molar-refractivity contribution in [3.8, 4) is 5.75 Å². The van der Waals surface area contributed by atoms with Crippen LogP contribution in [0.1, 0.15) is 18.3 Å². The molecule has 1 aliphatic heterocycles. The van der Waals surface area contributed by atoms with Gasteiger partial charge in [0.1, 0.15) is 17.4 Å². The molecule has 0 aromatic carbocycles. The number of carbonyl (C=O) groups is 2. The number of hydrogen-bond acceptors (Lipinski definition) is 13. The van der Waals surface area contributed by atoms with E-state index in [9.17, 15) is 37.7 Å². The normalized spacial score (nSPS) is 18.3. The molecule has 2 aromatic heterocycles. The Labute approximate surface area is 211 Å². The largest absolute Gasteiger partial charge is 1.00 e. The molecule has 33 heavy (non-hydrogen) atoms. The number of carbonyl (C=O) groups excluding carboxylic acids is 2. The monoisotopic (exact) mass is 510 g/mol. The molecule has 18 heteroatoms. The Morgan fingerprint density at radius 2 is 2.12 bits per heavy atom. The van der Waals surface area contributed by atoms with Gasteiger partial charge in [-0.1, -0.05) is 5.16 Å². The van der Waals surface area contributed by atoms with Gasteiger partial charge in [0, 0.05) is 11.4 Å². The Kier molecular flexibility index (Phi) is 8.09. The third-order valence-corrected chi connectivity index (χ3v) is 5.97. The van der Waals surface area contributed by atoms with E-state index in [4.69, 9.17) is 10.6 Å². The van der Waals surface area contributed by atoms with Gasteiger partial charge in [-0.05, 0) is 6.92 Å². The summed E-state index contributed by atoms with van der Waals surface area (Å²) >= 11 is 0.971. The molecule has 0 radical (unpaired) electrons. The zero-order chi connectivity index (χ0) is 23.8. The number of nitrogens with one attached hydrogen (secondary N) is 1. The molecule has 0 spiro atoms. The predicted molar refractivity (Wildman–Crippen MR) is 105 cm³/mol. The molecule has 0 unspecified atom stereocenters. The molecular weight excluding hydrogens is 495 g/mol. The number of aromatic nitrogens is 2. The zero-order valence-electron chi connectivity index (χ0n) is 17.0. The van der Waals surface area contributed by atoms with E-state index in [0.717, 1.165) is 23.6 Å². The van der Waals surface area contributed by atoms with Crippen LogP contribution in [0.25, 0.3) is 0 Å². The van der Waals surface area contributed by atoms with Crippen molar-refractivity contribution in [2.45, 2.75) is 25.6 Å². The van der Waals surface area contributed by atoms with Crippen LogP contribution in [0.4, 0.5) is 5.13 Å². The molecule has 3 heterocycles. The number of β-lactam (4-membered cyclic amide) rings is 1. The first kappa shape index (κ1) is 26.6. The predicted octanol–water partition coefficient (Wildman–Crippen LogP) is -5.07. The van der Waals surface area contributed by atoms with E-state index in [1.54, 1.807) is 0 Å². The molecular formula is C15H15N6NaO9S2. The molecule has 2 amide bonds. The van der Waals surface area contributed by atoms with E-state index in [2.05, 4.69) is 15.5 Å². The summed E-state index contributed by atoms with van der Waals surface area (Å²) in [6, 6.07) is -1.57. The van der Waals surface area contributed by atoms with Crippen LogP contribution in [0.15, 0.2) is 27.6 Å². The number of aromatic hydroxyl groups is 1. The summed E-state index contributed by atoms with van der Waals surface area (Å²) in [4.78, 5) is 45.0. The summed E-state index contributed by atoms with van der Waals surface area (Å²) in [5, 5.41) is 26.3. The first-order chi connectivity index (χ1) is 14.9. The van der Waals surface area contributed by atoms with Crippen LogP contribution in [0, 0.1) is 0 Å². The zero-order valence-corrected chi connectivity index (χ0v) is 20.7. The molecule has 172 valence electrons. The minimum Gasteiger partial charge on any atom is -0.731 e. The van der Waals surface area contributed by atoms with Crippen LogP contribution in [-0.2, 0) is 31.3 Å². The Bertz CT molecular complexity index is 1270. The van der Waals surface area contributed by atoms with Crippen LogP contribution in [0.2, 0.25) is 0 Å². The van der Waals surface area contributed by atoms with E-state index >= 15 is 0 Å². The first-order valence-electron chi connectivity index (χ1n) is 8.55. The van der Waals surface area contributed by atoms with Crippen molar-refractivity contribution < 1.29 is 67.3 Å². The SMILES string of the molecule is C[C@H]1[C@H](NC(=O)/C(=N\OCc2cc(=O)c(O)cn2O)c2csc(N)n2)C(=O)N1S(=O)(=O)[O-].[Na+]. The molecule has 0 aliphatic carbocycles. The van der Waals surface area contributed by atoms with E-state index in [1.807, 2.05) is 0 Å². The Morgan fingerprint density at radius 3 is 2.67 bits per heavy atom. The smallest absolute Gasteiger partial charge is 0.731 e. The summed E-state index contributed by atoms with van der Waals surface area (Å²) in [7, 11) is -5.03. The third kappa shape index (κ3) is 5.63. The van der Waals surface area contributed by atoms with E-state index in [-0.39, 0.29) is 50.4 Å². The maximum atomic E-state index is 12.7. The van der Waals surface area contributed by atoms with Gasteiger partial charge in [0.05, 0.1) is 12.2 Å². The van der Waals surface area contributed by atoms with Crippen molar-refractivity contribution >= 4 is 44.3 Å². The van der Waals surface area contributed by atoms with Gasteiger partial charge in [-0.15, -0.1) is 11.3 Å². The van der Waals surface area contributed by atoms with Crippen molar-refractivity contribution in [2.75, 3.05) is 5.73 Å². The number of anilines is 1. The van der Waals surface area contributed by atoms with Gasteiger partial charge in [-0.25, -0.2) is 17.7 Å².